The lowest BCUT2D eigenvalue weighted by atomic mass is 10.0. The van der Waals surface area contributed by atoms with Crippen molar-refractivity contribution < 1.29 is 0 Å². The maximum atomic E-state index is 3.81. The summed E-state index contributed by atoms with van der Waals surface area (Å²) in [6.07, 6.45) is 9.21. The molecule has 1 fully saturated rings. The van der Waals surface area contributed by atoms with Crippen molar-refractivity contribution in [2.45, 2.75) is 25.7 Å². The molecule has 1 aliphatic rings. The van der Waals surface area contributed by atoms with Gasteiger partial charge in [0.2, 0.25) is 0 Å². The predicted octanol–water partition coefficient (Wildman–Crippen LogP) is 2.92. The molecule has 0 aromatic heterocycles. The third-order valence-electron chi connectivity index (χ3n) is 2.17. The van der Waals surface area contributed by atoms with Crippen LogP contribution in [0, 0.1) is 5.41 Å². The third-order valence-corrected chi connectivity index (χ3v) is 2.17. The summed E-state index contributed by atoms with van der Waals surface area (Å²) in [5.74, 6) is 0. The van der Waals surface area contributed by atoms with E-state index in [-0.39, 0.29) is 0 Å². The van der Waals surface area contributed by atoms with Crippen LogP contribution < -0.4 is 0 Å². The van der Waals surface area contributed by atoms with Gasteiger partial charge >= 0.3 is 0 Å². The maximum Gasteiger partial charge on any atom is -0.0117 e. The van der Waals surface area contributed by atoms with E-state index in [2.05, 4.69) is 19.2 Å². The van der Waals surface area contributed by atoms with Gasteiger partial charge in [0, 0.05) is 0 Å². The Morgan fingerprint density at radius 1 is 1.33 bits per heavy atom. The van der Waals surface area contributed by atoms with Crippen molar-refractivity contribution in [1.82, 2.24) is 0 Å². The van der Waals surface area contributed by atoms with Crippen LogP contribution in [0.4, 0.5) is 0 Å². The van der Waals surface area contributed by atoms with E-state index < -0.39 is 0 Å². The van der Waals surface area contributed by atoms with Crippen LogP contribution in [0.15, 0.2) is 25.3 Å². The second-order valence-electron chi connectivity index (χ2n) is 2.89. The number of hydrogen-bond acceptors (Lipinski definition) is 0. The van der Waals surface area contributed by atoms with Crippen LogP contribution in [0.5, 0.6) is 0 Å². The lowest BCUT2D eigenvalue weighted by Gasteiger charge is -2.04. The van der Waals surface area contributed by atoms with Crippen LogP contribution >= 0.6 is 0 Å². The molecule has 0 aromatic carbocycles. The van der Waals surface area contributed by atoms with Gasteiger partial charge in [-0.1, -0.05) is 12.2 Å². The fraction of sp³-hybridized carbons (Fsp3) is 0.556. The standard InChI is InChI=1S/C9H14/c1-3-5-6-9(4-2)7-8-9/h3-4H,1-2,5-8H2. The first kappa shape index (κ1) is 6.60. The van der Waals surface area contributed by atoms with Gasteiger partial charge in [-0.3, -0.25) is 0 Å². The van der Waals surface area contributed by atoms with Crippen molar-refractivity contribution in [1.29, 1.82) is 0 Å². The summed E-state index contributed by atoms with van der Waals surface area (Å²) in [5, 5.41) is 0. The molecule has 0 unspecified atom stereocenters. The molecule has 0 spiro atoms. The molecule has 0 N–H and O–H groups in total. The van der Waals surface area contributed by atoms with Gasteiger partial charge in [0.1, 0.15) is 0 Å². The Balaban J connectivity index is 2.24. The minimum absolute atomic E-state index is 0.536. The number of hydrogen-bond donors (Lipinski definition) is 0. The van der Waals surface area contributed by atoms with Crippen LogP contribution in [-0.4, -0.2) is 0 Å². The molecule has 0 aromatic rings. The highest BCUT2D eigenvalue weighted by atomic mass is 14.4. The molecular formula is C9H14. The summed E-state index contributed by atoms with van der Waals surface area (Å²) in [5.41, 5.74) is 0.536. The molecule has 0 saturated heterocycles. The molecule has 1 saturated carbocycles. The molecular weight excluding hydrogens is 108 g/mol. The largest absolute Gasteiger partial charge is 0.103 e. The topological polar surface area (TPSA) is 0 Å². The molecule has 0 nitrogen and oxygen atoms in total. The fourth-order valence-electron chi connectivity index (χ4n) is 1.11. The van der Waals surface area contributed by atoms with Gasteiger partial charge in [0.05, 0.1) is 0 Å². The van der Waals surface area contributed by atoms with E-state index in [4.69, 9.17) is 0 Å². The van der Waals surface area contributed by atoms with Gasteiger partial charge in [-0.15, -0.1) is 13.2 Å². The number of allylic oxidation sites excluding steroid dienone is 2. The average Bonchev–Trinajstić information content (AvgIpc) is 2.65. The van der Waals surface area contributed by atoms with E-state index in [9.17, 15) is 0 Å². The Morgan fingerprint density at radius 2 is 2.00 bits per heavy atom. The molecule has 0 heteroatoms. The maximum absolute atomic E-state index is 3.81. The summed E-state index contributed by atoms with van der Waals surface area (Å²) < 4.78 is 0. The highest BCUT2D eigenvalue weighted by Crippen LogP contribution is 2.50. The predicted molar refractivity (Wildman–Crippen MR) is 41.3 cm³/mol. The van der Waals surface area contributed by atoms with Gasteiger partial charge in [-0.25, -0.2) is 0 Å². The zero-order valence-corrected chi connectivity index (χ0v) is 5.90. The van der Waals surface area contributed by atoms with E-state index in [0.717, 1.165) is 6.42 Å². The summed E-state index contributed by atoms with van der Waals surface area (Å²) in [7, 11) is 0. The summed E-state index contributed by atoms with van der Waals surface area (Å²) in [6, 6.07) is 0. The molecule has 0 bridgehead atoms. The highest BCUT2D eigenvalue weighted by Gasteiger charge is 2.37. The monoisotopic (exact) mass is 122 g/mol. The second kappa shape index (κ2) is 2.38. The van der Waals surface area contributed by atoms with Gasteiger partial charge < -0.3 is 0 Å². The molecule has 50 valence electrons. The fourth-order valence-corrected chi connectivity index (χ4v) is 1.11. The van der Waals surface area contributed by atoms with Crippen LogP contribution in [0.1, 0.15) is 25.7 Å². The van der Waals surface area contributed by atoms with Crippen LogP contribution in [-0.2, 0) is 0 Å². The lowest BCUT2D eigenvalue weighted by molar-refractivity contribution is 0.593. The quantitative estimate of drug-likeness (QED) is 0.503. The van der Waals surface area contributed by atoms with E-state index in [1.165, 1.54) is 19.3 Å². The average molecular weight is 122 g/mol. The minimum atomic E-state index is 0.536. The molecule has 9 heavy (non-hydrogen) atoms. The third kappa shape index (κ3) is 1.44. The Morgan fingerprint density at radius 3 is 2.33 bits per heavy atom. The van der Waals surface area contributed by atoms with Crippen molar-refractivity contribution in [3.8, 4) is 0 Å². The Hall–Kier alpha value is -0.520. The molecule has 1 aliphatic carbocycles. The summed E-state index contributed by atoms with van der Waals surface area (Å²) >= 11 is 0. The Kier molecular flexibility index (Phi) is 1.75. The molecule has 0 aliphatic heterocycles. The smallest absolute Gasteiger partial charge is 0.0117 e. The summed E-state index contributed by atoms with van der Waals surface area (Å²) in [4.78, 5) is 0. The minimum Gasteiger partial charge on any atom is -0.103 e. The van der Waals surface area contributed by atoms with Crippen molar-refractivity contribution in [3.63, 3.8) is 0 Å². The SMILES string of the molecule is C=CCCC1(C=C)CC1. The first-order chi connectivity index (χ1) is 4.33. The van der Waals surface area contributed by atoms with Gasteiger partial charge in [0.15, 0.2) is 0 Å². The van der Waals surface area contributed by atoms with E-state index in [0.29, 0.717) is 5.41 Å². The molecule has 0 atom stereocenters. The normalized spacial score (nSPS) is 20.9. The summed E-state index contributed by atoms with van der Waals surface area (Å²) in [6.45, 7) is 7.50. The molecule has 1 rings (SSSR count). The molecule has 0 heterocycles. The van der Waals surface area contributed by atoms with Gasteiger partial charge in [-0.2, -0.15) is 0 Å². The highest BCUT2D eigenvalue weighted by molar-refractivity contribution is 5.06. The van der Waals surface area contributed by atoms with Crippen LogP contribution in [0.2, 0.25) is 0 Å². The van der Waals surface area contributed by atoms with E-state index in [1.807, 2.05) is 6.08 Å². The molecule has 0 radical (unpaired) electrons. The number of rotatable bonds is 4. The van der Waals surface area contributed by atoms with Gasteiger partial charge in [0.25, 0.3) is 0 Å². The lowest BCUT2D eigenvalue weighted by Crippen LogP contribution is -1.91. The van der Waals surface area contributed by atoms with Gasteiger partial charge in [-0.05, 0) is 31.1 Å². The van der Waals surface area contributed by atoms with E-state index >= 15 is 0 Å². The zero-order chi connectivity index (χ0) is 6.74. The Labute approximate surface area is 57.3 Å². The van der Waals surface area contributed by atoms with Crippen molar-refractivity contribution >= 4 is 0 Å². The van der Waals surface area contributed by atoms with E-state index in [1.54, 1.807) is 0 Å². The van der Waals surface area contributed by atoms with Crippen molar-refractivity contribution in [2.24, 2.45) is 5.41 Å². The van der Waals surface area contributed by atoms with Crippen LogP contribution in [0.25, 0.3) is 0 Å². The molecule has 0 amide bonds. The second-order valence-corrected chi connectivity index (χ2v) is 2.89. The van der Waals surface area contributed by atoms with Crippen LogP contribution in [0.3, 0.4) is 0 Å². The first-order valence-corrected chi connectivity index (χ1v) is 3.57. The first-order valence-electron chi connectivity index (χ1n) is 3.57. The Bertz CT molecular complexity index is 118. The van der Waals surface area contributed by atoms with Crippen molar-refractivity contribution in [2.75, 3.05) is 0 Å². The van der Waals surface area contributed by atoms with Crippen molar-refractivity contribution in [3.05, 3.63) is 25.3 Å². The zero-order valence-electron chi connectivity index (χ0n) is 5.90.